The van der Waals surface area contributed by atoms with Crippen LogP contribution in [0.25, 0.3) is 10.9 Å². The predicted octanol–water partition coefficient (Wildman–Crippen LogP) is 4.98. The van der Waals surface area contributed by atoms with Crippen LogP contribution < -0.4 is 10.6 Å². The summed E-state index contributed by atoms with van der Waals surface area (Å²) in [5.74, 6) is -0.341. The number of nitrogens with one attached hydrogen (secondary N) is 2. The summed E-state index contributed by atoms with van der Waals surface area (Å²) >= 11 is 0. The molecule has 200 valence electrons. The lowest BCUT2D eigenvalue weighted by Gasteiger charge is -2.22. The molecule has 1 aliphatic carbocycles. The highest BCUT2D eigenvalue weighted by Crippen LogP contribution is 2.38. The van der Waals surface area contributed by atoms with Crippen LogP contribution in [0.2, 0.25) is 0 Å². The van der Waals surface area contributed by atoms with Gasteiger partial charge in [-0.25, -0.2) is 4.68 Å². The molecule has 9 heteroatoms. The number of hydrogen-bond donors (Lipinski definition) is 2. The van der Waals surface area contributed by atoms with Crippen molar-refractivity contribution in [2.75, 3.05) is 11.9 Å². The fraction of sp³-hybridized carbons (Fsp3) is 0.355. The van der Waals surface area contributed by atoms with Crippen molar-refractivity contribution in [1.29, 1.82) is 10.5 Å². The Labute approximate surface area is 232 Å². The van der Waals surface area contributed by atoms with Crippen LogP contribution >= 0.6 is 0 Å². The topological polar surface area (TPSA) is 132 Å². The number of carbonyl (C=O) groups excluding carboxylic acids is 1. The van der Waals surface area contributed by atoms with Crippen LogP contribution in [0.1, 0.15) is 89.4 Å². The van der Waals surface area contributed by atoms with Gasteiger partial charge in [0, 0.05) is 42.4 Å². The summed E-state index contributed by atoms with van der Waals surface area (Å²) in [6.45, 7) is 7.51. The smallest absolute Gasteiger partial charge is 0.252 e. The minimum Gasteiger partial charge on any atom is -0.383 e. The van der Waals surface area contributed by atoms with Gasteiger partial charge in [0.2, 0.25) is 0 Å². The number of carbonyl (C=O) groups is 1. The van der Waals surface area contributed by atoms with Crippen LogP contribution in [0, 0.1) is 28.1 Å². The summed E-state index contributed by atoms with van der Waals surface area (Å²) in [4.78, 5) is 17.4. The molecule has 0 radical (unpaired) electrons. The first-order valence-corrected chi connectivity index (χ1v) is 13.6. The van der Waals surface area contributed by atoms with Crippen molar-refractivity contribution in [3.63, 3.8) is 0 Å². The standard InChI is InChI=1S/C31H30N8O/c1-31(2,3)17-36-29-21(13-33)15-34-28-20(12-32)9-18(11-25(28)29)10-24(26-16-39(38-37-26)22-7-8-22)23-6-4-5-19-14-35-30(40)27(19)23/h4-6,9,11,15-16,22,24H,7-8,10,14,17H2,1-3H3,(H,34,36)(H,35,40)/t24-/m0/s1. The largest absolute Gasteiger partial charge is 0.383 e. The van der Waals surface area contributed by atoms with Gasteiger partial charge in [-0.15, -0.1) is 5.10 Å². The molecule has 2 N–H and O–H groups in total. The molecular formula is C31H30N8O. The Bertz CT molecular complexity index is 1730. The highest BCUT2D eigenvalue weighted by atomic mass is 16.1. The van der Waals surface area contributed by atoms with E-state index in [-0.39, 0.29) is 17.2 Å². The molecule has 40 heavy (non-hydrogen) atoms. The maximum atomic E-state index is 12.9. The van der Waals surface area contributed by atoms with Gasteiger partial charge in [-0.2, -0.15) is 10.5 Å². The molecular weight excluding hydrogens is 500 g/mol. The van der Waals surface area contributed by atoms with Crippen LogP contribution in [-0.4, -0.2) is 32.4 Å². The number of nitrogens with zero attached hydrogens (tertiary/aromatic N) is 6. The number of aromatic nitrogens is 4. The molecule has 0 spiro atoms. The second-order valence-electron chi connectivity index (χ2n) is 11.9. The third-order valence-electron chi connectivity index (χ3n) is 7.54. The van der Waals surface area contributed by atoms with Crippen molar-refractivity contribution >= 4 is 22.5 Å². The van der Waals surface area contributed by atoms with E-state index in [0.29, 0.717) is 53.4 Å². The van der Waals surface area contributed by atoms with E-state index in [0.717, 1.165) is 40.6 Å². The molecule has 0 unspecified atom stereocenters. The molecule has 1 amide bonds. The summed E-state index contributed by atoms with van der Waals surface area (Å²) in [6, 6.07) is 14.7. The van der Waals surface area contributed by atoms with Crippen molar-refractivity contribution in [3.8, 4) is 12.1 Å². The van der Waals surface area contributed by atoms with Gasteiger partial charge in [0.05, 0.1) is 34.1 Å². The first-order valence-electron chi connectivity index (χ1n) is 13.6. The van der Waals surface area contributed by atoms with E-state index in [4.69, 9.17) is 0 Å². The molecule has 9 nitrogen and oxygen atoms in total. The lowest BCUT2D eigenvalue weighted by molar-refractivity contribution is 0.0964. The average Bonchev–Trinajstić information content (AvgIpc) is 3.55. The third kappa shape index (κ3) is 4.76. The minimum absolute atomic E-state index is 0.0231. The van der Waals surface area contributed by atoms with Crippen LogP contribution in [0.5, 0.6) is 0 Å². The SMILES string of the molecule is CC(C)(C)CNc1c(C#N)cnc2c(C#N)cc(C[C@H](c3cn(C4CC4)nn3)c3cccc4c3C(=O)NC4)cc12. The van der Waals surface area contributed by atoms with Gasteiger partial charge in [0.25, 0.3) is 5.91 Å². The molecule has 4 aromatic rings. The Morgan fingerprint density at radius 3 is 2.70 bits per heavy atom. The zero-order valence-corrected chi connectivity index (χ0v) is 22.8. The highest BCUT2D eigenvalue weighted by Gasteiger charge is 2.31. The molecule has 1 aliphatic heterocycles. The van der Waals surface area contributed by atoms with E-state index in [9.17, 15) is 15.3 Å². The predicted molar refractivity (Wildman–Crippen MR) is 151 cm³/mol. The van der Waals surface area contributed by atoms with Gasteiger partial charge in [-0.3, -0.25) is 9.78 Å². The Hall–Kier alpha value is -4.76. The molecule has 2 aromatic carbocycles. The summed E-state index contributed by atoms with van der Waals surface area (Å²) in [7, 11) is 0. The van der Waals surface area contributed by atoms with Crippen molar-refractivity contribution in [2.45, 2.75) is 58.5 Å². The number of fused-ring (bicyclic) bond motifs is 2. The molecule has 0 bridgehead atoms. The number of pyridine rings is 1. The fourth-order valence-electron chi connectivity index (χ4n) is 5.37. The number of nitriles is 2. The van der Waals surface area contributed by atoms with Crippen LogP contribution in [0.4, 0.5) is 5.69 Å². The minimum atomic E-state index is -0.256. The number of rotatable bonds is 7. The van der Waals surface area contributed by atoms with Crippen molar-refractivity contribution < 1.29 is 4.79 Å². The Balaban J connectivity index is 1.49. The van der Waals surface area contributed by atoms with Crippen LogP contribution in [-0.2, 0) is 13.0 Å². The number of hydrogen-bond acceptors (Lipinski definition) is 7. The summed E-state index contributed by atoms with van der Waals surface area (Å²) in [5.41, 5.74) is 6.30. The van der Waals surface area contributed by atoms with Gasteiger partial charge in [-0.05, 0) is 53.5 Å². The van der Waals surface area contributed by atoms with E-state index < -0.39 is 0 Å². The molecule has 0 saturated heterocycles. The highest BCUT2D eigenvalue weighted by molar-refractivity contribution is 6.00. The molecule has 1 fully saturated rings. The average molecular weight is 531 g/mol. The summed E-state index contributed by atoms with van der Waals surface area (Å²) in [5, 5.41) is 36.0. The van der Waals surface area contributed by atoms with E-state index in [1.54, 1.807) is 0 Å². The Kier molecular flexibility index (Phi) is 6.23. The van der Waals surface area contributed by atoms with Crippen LogP contribution in [0.3, 0.4) is 0 Å². The number of amides is 1. The van der Waals surface area contributed by atoms with E-state index in [1.165, 1.54) is 6.20 Å². The van der Waals surface area contributed by atoms with Crippen molar-refractivity contribution in [2.24, 2.45) is 5.41 Å². The molecule has 1 saturated carbocycles. The first-order chi connectivity index (χ1) is 19.3. The van der Waals surface area contributed by atoms with Gasteiger partial charge in [0.1, 0.15) is 12.1 Å². The van der Waals surface area contributed by atoms with Gasteiger partial charge >= 0.3 is 0 Å². The van der Waals surface area contributed by atoms with Crippen LogP contribution in [0.15, 0.2) is 42.7 Å². The van der Waals surface area contributed by atoms with Crippen molar-refractivity contribution in [3.05, 3.63) is 81.8 Å². The molecule has 1 atom stereocenters. The Morgan fingerprint density at radius 1 is 1.18 bits per heavy atom. The first kappa shape index (κ1) is 25.5. The quantitative estimate of drug-likeness (QED) is 0.344. The lowest BCUT2D eigenvalue weighted by atomic mass is 9.84. The van der Waals surface area contributed by atoms with Crippen molar-refractivity contribution in [1.82, 2.24) is 25.3 Å². The monoisotopic (exact) mass is 530 g/mol. The summed E-state index contributed by atoms with van der Waals surface area (Å²) in [6.07, 6.45) is 6.19. The second kappa shape index (κ2) is 9.77. The number of benzene rings is 2. The zero-order valence-electron chi connectivity index (χ0n) is 22.8. The zero-order chi connectivity index (χ0) is 28.0. The maximum absolute atomic E-state index is 12.9. The van der Waals surface area contributed by atoms with Gasteiger partial charge in [0.15, 0.2) is 0 Å². The Morgan fingerprint density at radius 2 is 1.98 bits per heavy atom. The number of anilines is 1. The van der Waals surface area contributed by atoms with Gasteiger partial charge in [-0.1, -0.05) is 44.2 Å². The van der Waals surface area contributed by atoms with E-state index in [2.05, 4.69) is 58.8 Å². The van der Waals surface area contributed by atoms with Gasteiger partial charge < -0.3 is 10.6 Å². The summed E-state index contributed by atoms with van der Waals surface area (Å²) < 4.78 is 1.92. The van der Waals surface area contributed by atoms with E-state index in [1.807, 2.05) is 41.2 Å². The molecule has 3 heterocycles. The second-order valence-corrected chi connectivity index (χ2v) is 11.9. The molecule has 6 rings (SSSR count). The maximum Gasteiger partial charge on any atom is 0.252 e. The van der Waals surface area contributed by atoms with E-state index >= 15 is 0 Å². The third-order valence-corrected chi connectivity index (χ3v) is 7.54. The lowest BCUT2D eigenvalue weighted by Crippen LogP contribution is -2.20. The molecule has 2 aliphatic rings. The fourth-order valence-corrected chi connectivity index (χ4v) is 5.37. The molecule has 2 aromatic heterocycles. The normalized spacial score (nSPS) is 15.3.